The molecular weight excluding hydrogens is 384 g/mol. The van der Waals surface area contributed by atoms with E-state index in [1.54, 1.807) is 6.20 Å². The molecule has 2 aromatic carbocycles. The normalized spacial score (nSPS) is 10.8. The molecule has 3 aromatic heterocycles. The summed E-state index contributed by atoms with van der Waals surface area (Å²) in [5.41, 5.74) is 4.68. The average molecular weight is 406 g/mol. The Balaban J connectivity index is 1.53. The zero-order valence-corrected chi connectivity index (χ0v) is 17.0. The Morgan fingerprint density at radius 3 is 2.26 bits per heavy atom. The van der Waals surface area contributed by atoms with Crippen molar-refractivity contribution in [1.29, 1.82) is 0 Å². The Kier molecular flexibility index (Phi) is 5.31. The van der Waals surface area contributed by atoms with Crippen LogP contribution in [-0.2, 0) is 13.2 Å². The minimum Gasteiger partial charge on any atom is -0.485 e. The number of nitrogens with zero attached hydrogens (tertiary/aromatic N) is 3. The molecule has 0 saturated heterocycles. The fraction of sp³-hybridized carbons (Fsp3) is 0.0769. The van der Waals surface area contributed by atoms with Gasteiger partial charge < -0.3 is 10.1 Å². The van der Waals surface area contributed by atoms with Crippen molar-refractivity contribution < 1.29 is 4.74 Å². The van der Waals surface area contributed by atoms with Crippen molar-refractivity contribution in [2.45, 2.75) is 13.2 Å². The van der Waals surface area contributed by atoms with Crippen LogP contribution >= 0.6 is 0 Å². The van der Waals surface area contributed by atoms with Crippen molar-refractivity contribution in [2.24, 2.45) is 0 Å². The molecule has 152 valence electrons. The van der Waals surface area contributed by atoms with E-state index in [0.29, 0.717) is 13.2 Å². The number of hydrogen-bond donors (Lipinski definition) is 1. The summed E-state index contributed by atoms with van der Waals surface area (Å²) >= 11 is 0. The smallest absolute Gasteiger partial charge is 0.182 e. The lowest BCUT2D eigenvalue weighted by Gasteiger charge is -2.10. The fourth-order valence-corrected chi connectivity index (χ4v) is 3.52. The number of anilines is 1. The third kappa shape index (κ3) is 4.12. The van der Waals surface area contributed by atoms with Gasteiger partial charge in [-0.15, -0.1) is 0 Å². The molecule has 31 heavy (non-hydrogen) atoms. The topological polar surface area (TPSA) is 51.5 Å². The molecule has 5 aromatic rings. The van der Waals surface area contributed by atoms with Gasteiger partial charge >= 0.3 is 0 Å². The Hall–Kier alpha value is -4.12. The first-order chi connectivity index (χ1) is 15.4. The summed E-state index contributed by atoms with van der Waals surface area (Å²) in [6.07, 6.45) is 3.78. The standard InChI is InChI=1S/C26H22N4O/c1-3-10-20(11-4-1)18-28-26-24(22-14-7-8-16-27-22)29-25-23(15-9-17-30(25)26)31-19-21-12-5-2-6-13-21/h1-17,28H,18-19H2. The maximum Gasteiger partial charge on any atom is 0.182 e. The molecular formula is C26H22N4O. The second-order valence-corrected chi connectivity index (χ2v) is 7.20. The summed E-state index contributed by atoms with van der Waals surface area (Å²) in [7, 11) is 0. The van der Waals surface area contributed by atoms with Crippen LogP contribution in [0.2, 0.25) is 0 Å². The van der Waals surface area contributed by atoms with Gasteiger partial charge in [-0.2, -0.15) is 0 Å². The van der Waals surface area contributed by atoms with Gasteiger partial charge in [0.25, 0.3) is 0 Å². The first-order valence-electron chi connectivity index (χ1n) is 10.3. The highest BCUT2D eigenvalue weighted by molar-refractivity contribution is 5.76. The molecule has 0 aliphatic heterocycles. The SMILES string of the molecule is c1ccc(CNc2c(-c3ccccn3)nc3c(OCc4ccccc4)cccn23)cc1. The molecule has 0 atom stereocenters. The van der Waals surface area contributed by atoms with Gasteiger partial charge in [0.1, 0.15) is 18.1 Å². The third-order valence-corrected chi connectivity index (χ3v) is 5.06. The number of rotatable bonds is 7. The van der Waals surface area contributed by atoms with E-state index in [4.69, 9.17) is 9.72 Å². The zero-order chi connectivity index (χ0) is 20.9. The monoisotopic (exact) mass is 406 g/mol. The molecule has 0 unspecified atom stereocenters. The first-order valence-corrected chi connectivity index (χ1v) is 10.3. The minimum absolute atomic E-state index is 0.485. The van der Waals surface area contributed by atoms with Crippen LogP contribution in [0.1, 0.15) is 11.1 Å². The van der Waals surface area contributed by atoms with Gasteiger partial charge in [0.05, 0.1) is 5.69 Å². The van der Waals surface area contributed by atoms with E-state index in [-0.39, 0.29) is 0 Å². The van der Waals surface area contributed by atoms with E-state index in [0.717, 1.165) is 34.2 Å². The second kappa shape index (κ2) is 8.71. The van der Waals surface area contributed by atoms with Crippen LogP contribution in [0.4, 0.5) is 5.82 Å². The predicted octanol–water partition coefficient (Wildman–Crippen LogP) is 5.59. The van der Waals surface area contributed by atoms with E-state index in [1.807, 2.05) is 77.3 Å². The Labute approximate surface area is 181 Å². The molecule has 0 bridgehead atoms. The zero-order valence-electron chi connectivity index (χ0n) is 17.0. The predicted molar refractivity (Wildman–Crippen MR) is 123 cm³/mol. The lowest BCUT2D eigenvalue weighted by atomic mass is 10.2. The Morgan fingerprint density at radius 2 is 1.52 bits per heavy atom. The van der Waals surface area contributed by atoms with Crippen molar-refractivity contribution in [1.82, 2.24) is 14.4 Å². The Bertz CT molecular complexity index is 1270. The van der Waals surface area contributed by atoms with Crippen LogP contribution in [0.15, 0.2) is 103 Å². The van der Waals surface area contributed by atoms with Crippen molar-refractivity contribution in [2.75, 3.05) is 5.32 Å². The average Bonchev–Trinajstić information content (AvgIpc) is 3.22. The number of aromatic nitrogens is 3. The molecule has 3 heterocycles. The maximum absolute atomic E-state index is 6.14. The van der Waals surface area contributed by atoms with Crippen molar-refractivity contribution >= 4 is 11.5 Å². The third-order valence-electron chi connectivity index (χ3n) is 5.06. The molecule has 0 aliphatic rings. The van der Waals surface area contributed by atoms with E-state index in [9.17, 15) is 0 Å². The van der Waals surface area contributed by atoms with Crippen LogP contribution < -0.4 is 10.1 Å². The fourth-order valence-electron chi connectivity index (χ4n) is 3.52. The lowest BCUT2D eigenvalue weighted by molar-refractivity contribution is 0.308. The van der Waals surface area contributed by atoms with Crippen LogP contribution in [0.3, 0.4) is 0 Å². The summed E-state index contributed by atoms with van der Waals surface area (Å²) in [4.78, 5) is 9.45. The van der Waals surface area contributed by atoms with E-state index < -0.39 is 0 Å². The number of hydrogen-bond acceptors (Lipinski definition) is 4. The van der Waals surface area contributed by atoms with Crippen molar-refractivity contribution in [3.8, 4) is 17.1 Å². The van der Waals surface area contributed by atoms with Crippen LogP contribution in [0.25, 0.3) is 17.0 Å². The Morgan fingerprint density at radius 1 is 0.774 bits per heavy atom. The molecule has 0 radical (unpaired) electrons. The van der Waals surface area contributed by atoms with Gasteiger partial charge in [-0.3, -0.25) is 9.38 Å². The van der Waals surface area contributed by atoms with Crippen molar-refractivity contribution in [3.63, 3.8) is 0 Å². The number of benzene rings is 2. The van der Waals surface area contributed by atoms with E-state index in [1.165, 1.54) is 5.56 Å². The molecule has 0 fully saturated rings. The van der Waals surface area contributed by atoms with Crippen LogP contribution in [-0.4, -0.2) is 14.4 Å². The quantitative estimate of drug-likeness (QED) is 0.383. The maximum atomic E-state index is 6.14. The largest absolute Gasteiger partial charge is 0.485 e. The van der Waals surface area contributed by atoms with Gasteiger partial charge in [0.15, 0.2) is 11.4 Å². The number of nitrogens with one attached hydrogen (secondary N) is 1. The van der Waals surface area contributed by atoms with Gasteiger partial charge in [0.2, 0.25) is 0 Å². The minimum atomic E-state index is 0.485. The van der Waals surface area contributed by atoms with Gasteiger partial charge in [-0.1, -0.05) is 66.7 Å². The number of fused-ring (bicyclic) bond motifs is 1. The van der Waals surface area contributed by atoms with Crippen LogP contribution in [0, 0.1) is 0 Å². The summed E-state index contributed by atoms with van der Waals surface area (Å²) in [6, 6.07) is 30.2. The van der Waals surface area contributed by atoms with Gasteiger partial charge in [0, 0.05) is 18.9 Å². The molecule has 0 aliphatic carbocycles. The highest BCUT2D eigenvalue weighted by Crippen LogP contribution is 2.32. The lowest BCUT2D eigenvalue weighted by Crippen LogP contribution is -2.04. The van der Waals surface area contributed by atoms with Gasteiger partial charge in [-0.25, -0.2) is 4.98 Å². The highest BCUT2D eigenvalue weighted by Gasteiger charge is 2.17. The molecule has 5 rings (SSSR count). The van der Waals surface area contributed by atoms with E-state index >= 15 is 0 Å². The highest BCUT2D eigenvalue weighted by atomic mass is 16.5. The van der Waals surface area contributed by atoms with Crippen LogP contribution in [0.5, 0.6) is 5.75 Å². The summed E-state index contributed by atoms with van der Waals surface area (Å²) < 4.78 is 8.18. The first kappa shape index (κ1) is 18.9. The number of pyridine rings is 2. The summed E-state index contributed by atoms with van der Waals surface area (Å²) in [6.45, 7) is 1.17. The molecule has 1 N–H and O–H groups in total. The summed E-state index contributed by atoms with van der Waals surface area (Å²) in [5.74, 6) is 1.62. The van der Waals surface area contributed by atoms with Gasteiger partial charge in [-0.05, 0) is 35.4 Å². The second-order valence-electron chi connectivity index (χ2n) is 7.20. The molecule has 0 amide bonds. The number of imidazole rings is 1. The molecule has 0 saturated carbocycles. The molecule has 5 heteroatoms. The van der Waals surface area contributed by atoms with Crippen molar-refractivity contribution in [3.05, 3.63) is 115 Å². The summed E-state index contributed by atoms with van der Waals surface area (Å²) in [5, 5.41) is 3.56. The van der Waals surface area contributed by atoms with E-state index in [2.05, 4.69) is 34.6 Å². The molecule has 5 nitrogen and oxygen atoms in total. The number of ether oxygens (including phenoxy) is 1. The molecule has 0 spiro atoms.